The second kappa shape index (κ2) is 7.09. The lowest BCUT2D eigenvalue weighted by molar-refractivity contribution is 0.492. The van der Waals surface area contributed by atoms with Crippen LogP contribution in [-0.2, 0) is 13.1 Å². The average Bonchev–Trinajstić information content (AvgIpc) is 2.97. The van der Waals surface area contributed by atoms with Gasteiger partial charge < -0.3 is 9.73 Å². The standard InChI is InChI=1S/C17H14BrClN2O/c18-12-4-6-15(16(19)9-12)17-7-5-14(22-17)11-20-10-13-3-1-2-8-21-13/h1-9,20H,10-11H2. The third kappa shape index (κ3) is 3.77. The highest BCUT2D eigenvalue weighted by molar-refractivity contribution is 9.10. The second-order valence-corrected chi connectivity index (χ2v) is 6.14. The van der Waals surface area contributed by atoms with Crippen LogP contribution >= 0.6 is 27.5 Å². The van der Waals surface area contributed by atoms with Gasteiger partial charge in [0.1, 0.15) is 11.5 Å². The third-order valence-electron chi connectivity index (χ3n) is 3.19. The number of nitrogens with one attached hydrogen (secondary N) is 1. The van der Waals surface area contributed by atoms with E-state index in [9.17, 15) is 0 Å². The normalized spacial score (nSPS) is 10.8. The van der Waals surface area contributed by atoms with Crippen molar-refractivity contribution in [2.45, 2.75) is 13.1 Å². The van der Waals surface area contributed by atoms with Crippen LogP contribution in [0.1, 0.15) is 11.5 Å². The number of furan rings is 1. The van der Waals surface area contributed by atoms with Gasteiger partial charge in [0.2, 0.25) is 0 Å². The molecular formula is C17H14BrClN2O. The summed E-state index contributed by atoms with van der Waals surface area (Å²) in [6.07, 6.45) is 1.79. The topological polar surface area (TPSA) is 38.1 Å². The second-order valence-electron chi connectivity index (χ2n) is 4.81. The fourth-order valence-electron chi connectivity index (χ4n) is 2.12. The van der Waals surface area contributed by atoms with Crippen LogP contribution in [0.3, 0.4) is 0 Å². The predicted octanol–water partition coefficient (Wildman–Crippen LogP) is 5.05. The Hall–Kier alpha value is -1.62. The number of hydrogen-bond acceptors (Lipinski definition) is 3. The number of pyridine rings is 1. The first kappa shape index (κ1) is 15.3. The van der Waals surface area contributed by atoms with E-state index in [-0.39, 0.29) is 0 Å². The van der Waals surface area contributed by atoms with Crippen molar-refractivity contribution in [3.8, 4) is 11.3 Å². The van der Waals surface area contributed by atoms with E-state index in [1.165, 1.54) is 0 Å². The van der Waals surface area contributed by atoms with Crippen molar-refractivity contribution in [1.29, 1.82) is 0 Å². The van der Waals surface area contributed by atoms with Gasteiger partial charge in [-0.05, 0) is 42.5 Å². The minimum atomic E-state index is 0.644. The van der Waals surface area contributed by atoms with E-state index >= 15 is 0 Å². The molecule has 0 spiro atoms. The molecule has 3 aromatic rings. The molecule has 2 aromatic heterocycles. The molecule has 0 aliphatic rings. The summed E-state index contributed by atoms with van der Waals surface area (Å²) in [6, 6.07) is 15.5. The summed E-state index contributed by atoms with van der Waals surface area (Å²) in [5.41, 5.74) is 1.89. The van der Waals surface area contributed by atoms with Crippen LogP contribution in [0.4, 0.5) is 0 Å². The van der Waals surface area contributed by atoms with Gasteiger partial charge in [-0.2, -0.15) is 0 Å². The molecule has 1 N–H and O–H groups in total. The highest BCUT2D eigenvalue weighted by Crippen LogP contribution is 2.31. The number of benzene rings is 1. The van der Waals surface area contributed by atoms with Gasteiger partial charge in [-0.25, -0.2) is 0 Å². The quantitative estimate of drug-likeness (QED) is 0.676. The highest BCUT2D eigenvalue weighted by atomic mass is 79.9. The van der Waals surface area contributed by atoms with Gasteiger partial charge in [0.25, 0.3) is 0 Å². The molecule has 0 unspecified atom stereocenters. The Balaban J connectivity index is 1.64. The van der Waals surface area contributed by atoms with Gasteiger partial charge in [-0.1, -0.05) is 33.6 Å². The van der Waals surface area contributed by atoms with E-state index in [0.717, 1.165) is 27.3 Å². The largest absolute Gasteiger partial charge is 0.460 e. The molecule has 3 nitrogen and oxygen atoms in total. The number of halogens is 2. The maximum Gasteiger partial charge on any atom is 0.135 e. The van der Waals surface area contributed by atoms with Gasteiger partial charge in [-0.3, -0.25) is 4.98 Å². The van der Waals surface area contributed by atoms with Crippen molar-refractivity contribution in [2.24, 2.45) is 0 Å². The lowest BCUT2D eigenvalue weighted by atomic mass is 10.2. The van der Waals surface area contributed by atoms with Crippen LogP contribution in [0.2, 0.25) is 5.02 Å². The molecule has 0 aliphatic carbocycles. The Labute approximate surface area is 142 Å². The average molecular weight is 378 g/mol. The number of rotatable bonds is 5. The Kier molecular flexibility index (Phi) is 4.93. The minimum Gasteiger partial charge on any atom is -0.460 e. The summed E-state index contributed by atoms with van der Waals surface area (Å²) in [7, 11) is 0. The molecule has 5 heteroatoms. The highest BCUT2D eigenvalue weighted by Gasteiger charge is 2.09. The molecule has 0 amide bonds. The van der Waals surface area contributed by atoms with Crippen molar-refractivity contribution in [3.05, 3.63) is 75.7 Å². The van der Waals surface area contributed by atoms with E-state index in [0.29, 0.717) is 18.1 Å². The summed E-state index contributed by atoms with van der Waals surface area (Å²) < 4.78 is 6.79. The maximum absolute atomic E-state index is 6.24. The summed E-state index contributed by atoms with van der Waals surface area (Å²) in [6.45, 7) is 1.35. The van der Waals surface area contributed by atoms with Crippen molar-refractivity contribution >= 4 is 27.5 Å². The number of hydrogen-bond donors (Lipinski definition) is 1. The van der Waals surface area contributed by atoms with E-state index in [2.05, 4.69) is 26.2 Å². The molecule has 0 radical (unpaired) electrons. The molecule has 0 aliphatic heterocycles. The summed E-state index contributed by atoms with van der Waals surface area (Å²) in [4.78, 5) is 4.27. The van der Waals surface area contributed by atoms with Crippen LogP contribution in [0, 0.1) is 0 Å². The van der Waals surface area contributed by atoms with E-state index in [4.69, 9.17) is 16.0 Å². The molecule has 0 bridgehead atoms. The monoisotopic (exact) mass is 376 g/mol. The third-order valence-corrected chi connectivity index (χ3v) is 4.00. The lowest BCUT2D eigenvalue weighted by Gasteiger charge is -2.03. The van der Waals surface area contributed by atoms with Crippen LogP contribution in [-0.4, -0.2) is 4.98 Å². The van der Waals surface area contributed by atoms with Gasteiger partial charge in [0.15, 0.2) is 0 Å². The van der Waals surface area contributed by atoms with Gasteiger partial charge in [0.05, 0.1) is 17.3 Å². The molecule has 0 saturated carbocycles. The molecule has 112 valence electrons. The predicted molar refractivity (Wildman–Crippen MR) is 91.6 cm³/mol. The van der Waals surface area contributed by atoms with Crippen LogP contribution in [0.15, 0.2) is 63.6 Å². The van der Waals surface area contributed by atoms with Gasteiger partial charge >= 0.3 is 0 Å². The molecule has 3 rings (SSSR count). The van der Waals surface area contributed by atoms with Crippen LogP contribution < -0.4 is 5.32 Å². The Morgan fingerprint density at radius 1 is 1.09 bits per heavy atom. The van der Waals surface area contributed by atoms with Crippen molar-refractivity contribution in [1.82, 2.24) is 10.3 Å². The fraction of sp³-hybridized carbons (Fsp3) is 0.118. The summed E-state index contributed by atoms with van der Waals surface area (Å²) in [5.74, 6) is 1.64. The molecular weight excluding hydrogens is 364 g/mol. The van der Waals surface area contributed by atoms with Crippen molar-refractivity contribution in [3.63, 3.8) is 0 Å². The zero-order valence-electron chi connectivity index (χ0n) is 11.7. The zero-order chi connectivity index (χ0) is 15.4. The molecule has 0 atom stereocenters. The van der Waals surface area contributed by atoms with Crippen molar-refractivity contribution < 1.29 is 4.42 Å². The lowest BCUT2D eigenvalue weighted by Crippen LogP contribution is -2.12. The Morgan fingerprint density at radius 3 is 2.77 bits per heavy atom. The summed E-state index contributed by atoms with van der Waals surface area (Å²) >= 11 is 9.64. The van der Waals surface area contributed by atoms with Gasteiger partial charge in [-0.15, -0.1) is 0 Å². The molecule has 1 aromatic carbocycles. The van der Waals surface area contributed by atoms with Gasteiger partial charge in [0, 0.05) is 22.8 Å². The number of nitrogens with zero attached hydrogens (tertiary/aromatic N) is 1. The van der Waals surface area contributed by atoms with E-state index in [1.54, 1.807) is 6.20 Å². The Morgan fingerprint density at radius 2 is 2.00 bits per heavy atom. The maximum atomic E-state index is 6.24. The molecule has 2 heterocycles. The van der Waals surface area contributed by atoms with Crippen molar-refractivity contribution in [2.75, 3.05) is 0 Å². The van der Waals surface area contributed by atoms with E-state index in [1.807, 2.05) is 48.5 Å². The zero-order valence-corrected chi connectivity index (χ0v) is 14.1. The first-order valence-electron chi connectivity index (χ1n) is 6.87. The SMILES string of the molecule is Clc1cc(Br)ccc1-c1ccc(CNCc2ccccn2)o1. The molecule has 0 fully saturated rings. The van der Waals surface area contributed by atoms with Crippen LogP contribution in [0.25, 0.3) is 11.3 Å². The summed E-state index contributed by atoms with van der Waals surface area (Å²) in [5, 5.41) is 3.97. The fourth-order valence-corrected chi connectivity index (χ4v) is 2.89. The molecule has 0 saturated heterocycles. The van der Waals surface area contributed by atoms with E-state index < -0.39 is 0 Å². The first-order chi connectivity index (χ1) is 10.7. The minimum absolute atomic E-state index is 0.644. The van der Waals surface area contributed by atoms with Crippen LogP contribution in [0.5, 0.6) is 0 Å². The smallest absolute Gasteiger partial charge is 0.135 e. The first-order valence-corrected chi connectivity index (χ1v) is 8.04. The molecule has 22 heavy (non-hydrogen) atoms. The Bertz CT molecular complexity index is 758. The number of aromatic nitrogens is 1.